The van der Waals surface area contributed by atoms with Crippen LogP contribution in [-0.2, 0) is 0 Å². The average Bonchev–Trinajstić information content (AvgIpc) is 2.26. The molecule has 2 heterocycles. The van der Waals surface area contributed by atoms with Crippen LogP contribution in [0.3, 0.4) is 0 Å². The van der Waals surface area contributed by atoms with Crippen LogP contribution < -0.4 is 10.2 Å². The van der Waals surface area contributed by atoms with Gasteiger partial charge in [0.15, 0.2) is 11.5 Å². The molecule has 0 aromatic carbocycles. The lowest BCUT2D eigenvalue weighted by molar-refractivity contribution is 0.410. The molecule has 0 atom stereocenters. The predicted molar refractivity (Wildman–Crippen MR) is 61.0 cm³/mol. The lowest BCUT2D eigenvalue weighted by Gasteiger charge is -2.39. The molecule has 1 aliphatic rings. The van der Waals surface area contributed by atoms with E-state index in [1.54, 1.807) is 12.4 Å². The summed E-state index contributed by atoms with van der Waals surface area (Å²) >= 11 is 0. The first-order chi connectivity index (χ1) is 7.86. The monoisotopic (exact) mass is 217 g/mol. The molecule has 0 spiro atoms. The first-order valence-corrected chi connectivity index (χ1v) is 5.55. The van der Waals surface area contributed by atoms with Gasteiger partial charge in [0, 0.05) is 32.0 Å². The number of nitrogens with zero attached hydrogens (tertiary/aromatic N) is 4. The number of hydrogen-bond donors (Lipinski definition) is 1. The molecule has 5 heteroatoms. The number of anilines is 1. The van der Waals surface area contributed by atoms with Crippen molar-refractivity contribution in [1.82, 2.24) is 15.3 Å². The molecule has 0 aliphatic carbocycles. The summed E-state index contributed by atoms with van der Waals surface area (Å²) in [6.07, 6.45) is 4.24. The standard InChI is InChI=1S/C11H15N5/c1-2-5-16(9-7-13-8-9)11-10(6-12)14-3-4-15-11/h3-4,9,13H,2,5,7-8H2,1H3. The summed E-state index contributed by atoms with van der Waals surface area (Å²) in [4.78, 5) is 10.5. The molecule has 2 rings (SSSR count). The van der Waals surface area contributed by atoms with Crippen molar-refractivity contribution in [3.05, 3.63) is 18.1 Å². The van der Waals surface area contributed by atoms with E-state index >= 15 is 0 Å². The lowest BCUT2D eigenvalue weighted by Crippen LogP contribution is -2.58. The van der Waals surface area contributed by atoms with E-state index in [9.17, 15) is 0 Å². The zero-order valence-corrected chi connectivity index (χ0v) is 9.35. The normalized spacial score (nSPS) is 15.2. The van der Waals surface area contributed by atoms with Gasteiger partial charge < -0.3 is 10.2 Å². The molecule has 1 aliphatic heterocycles. The van der Waals surface area contributed by atoms with Crippen LogP contribution in [0.15, 0.2) is 12.4 Å². The summed E-state index contributed by atoms with van der Waals surface area (Å²) in [7, 11) is 0. The van der Waals surface area contributed by atoms with Crippen LogP contribution in [0.4, 0.5) is 5.82 Å². The summed E-state index contributed by atoms with van der Waals surface area (Å²) in [6, 6.07) is 2.55. The number of rotatable bonds is 4. The number of aromatic nitrogens is 2. The molecule has 1 saturated heterocycles. The van der Waals surface area contributed by atoms with Crippen LogP contribution in [0.2, 0.25) is 0 Å². The van der Waals surface area contributed by atoms with E-state index in [4.69, 9.17) is 5.26 Å². The molecule has 1 fully saturated rings. The fourth-order valence-electron chi connectivity index (χ4n) is 1.82. The van der Waals surface area contributed by atoms with Crippen molar-refractivity contribution in [3.8, 4) is 6.07 Å². The fraction of sp³-hybridized carbons (Fsp3) is 0.545. The Kier molecular flexibility index (Phi) is 3.32. The largest absolute Gasteiger partial charge is 0.349 e. The quantitative estimate of drug-likeness (QED) is 0.797. The van der Waals surface area contributed by atoms with Gasteiger partial charge in [-0.25, -0.2) is 9.97 Å². The highest BCUT2D eigenvalue weighted by molar-refractivity contribution is 5.50. The first-order valence-electron chi connectivity index (χ1n) is 5.55. The van der Waals surface area contributed by atoms with Crippen molar-refractivity contribution >= 4 is 5.82 Å². The molecule has 1 aromatic rings. The van der Waals surface area contributed by atoms with Gasteiger partial charge in [0.2, 0.25) is 0 Å². The van der Waals surface area contributed by atoms with E-state index in [1.807, 2.05) is 0 Å². The summed E-state index contributed by atoms with van der Waals surface area (Å²) < 4.78 is 0. The van der Waals surface area contributed by atoms with Crippen molar-refractivity contribution in [2.45, 2.75) is 19.4 Å². The van der Waals surface area contributed by atoms with Crippen molar-refractivity contribution < 1.29 is 0 Å². The second kappa shape index (κ2) is 4.90. The van der Waals surface area contributed by atoms with Gasteiger partial charge in [-0.05, 0) is 6.42 Å². The maximum Gasteiger partial charge on any atom is 0.183 e. The van der Waals surface area contributed by atoms with Crippen molar-refractivity contribution in [2.24, 2.45) is 0 Å². The minimum absolute atomic E-state index is 0.419. The Morgan fingerprint density at radius 1 is 1.50 bits per heavy atom. The number of nitriles is 1. The van der Waals surface area contributed by atoms with Crippen LogP contribution in [0.25, 0.3) is 0 Å². The van der Waals surface area contributed by atoms with Crippen LogP contribution in [0.1, 0.15) is 19.0 Å². The predicted octanol–water partition coefficient (Wildman–Crippen LogP) is 0.536. The Balaban J connectivity index is 2.27. The highest BCUT2D eigenvalue weighted by atomic mass is 15.3. The fourth-order valence-corrected chi connectivity index (χ4v) is 1.82. The third-order valence-corrected chi connectivity index (χ3v) is 2.72. The van der Waals surface area contributed by atoms with Gasteiger partial charge in [-0.2, -0.15) is 5.26 Å². The molecule has 0 unspecified atom stereocenters. The second-order valence-corrected chi connectivity index (χ2v) is 3.85. The van der Waals surface area contributed by atoms with Gasteiger partial charge in [0.25, 0.3) is 0 Å². The minimum atomic E-state index is 0.419. The van der Waals surface area contributed by atoms with Crippen LogP contribution in [0, 0.1) is 11.3 Å². The van der Waals surface area contributed by atoms with E-state index in [0.717, 1.165) is 31.9 Å². The zero-order valence-electron chi connectivity index (χ0n) is 9.35. The Hall–Kier alpha value is -1.67. The maximum atomic E-state index is 9.01. The third-order valence-electron chi connectivity index (χ3n) is 2.72. The van der Waals surface area contributed by atoms with Gasteiger partial charge >= 0.3 is 0 Å². The Bertz CT molecular complexity index is 394. The molecule has 0 bridgehead atoms. The van der Waals surface area contributed by atoms with E-state index in [-0.39, 0.29) is 0 Å². The molecule has 0 radical (unpaired) electrons. The van der Waals surface area contributed by atoms with Gasteiger partial charge in [-0.15, -0.1) is 0 Å². The summed E-state index contributed by atoms with van der Waals surface area (Å²) in [5.41, 5.74) is 0.419. The molecule has 16 heavy (non-hydrogen) atoms. The molecule has 5 nitrogen and oxygen atoms in total. The highest BCUT2D eigenvalue weighted by Gasteiger charge is 2.26. The maximum absolute atomic E-state index is 9.01. The SMILES string of the molecule is CCCN(c1nccnc1C#N)C1CNC1. The zero-order chi connectivity index (χ0) is 11.4. The Morgan fingerprint density at radius 2 is 2.25 bits per heavy atom. The number of nitrogens with one attached hydrogen (secondary N) is 1. The molecule has 84 valence electrons. The molecule has 0 amide bonds. The van der Waals surface area contributed by atoms with Crippen LogP contribution in [0.5, 0.6) is 0 Å². The third kappa shape index (κ3) is 1.97. The average molecular weight is 217 g/mol. The van der Waals surface area contributed by atoms with E-state index in [1.165, 1.54) is 0 Å². The van der Waals surface area contributed by atoms with Crippen LogP contribution >= 0.6 is 0 Å². The van der Waals surface area contributed by atoms with Gasteiger partial charge in [-0.3, -0.25) is 0 Å². The highest BCUT2D eigenvalue weighted by Crippen LogP contribution is 2.19. The lowest BCUT2D eigenvalue weighted by atomic mass is 10.1. The van der Waals surface area contributed by atoms with E-state index in [0.29, 0.717) is 11.7 Å². The summed E-state index contributed by atoms with van der Waals surface area (Å²) in [6.45, 7) is 4.96. The van der Waals surface area contributed by atoms with E-state index in [2.05, 4.69) is 33.2 Å². The number of hydrogen-bond acceptors (Lipinski definition) is 5. The molecular weight excluding hydrogens is 202 g/mol. The van der Waals surface area contributed by atoms with Crippen LogP contribution in [-0.4, -0.2) is 35.6 Å². The van der Waals surface area contributed by atoms with Gasteiger partial charge in [0.05, 0.1) is 6.04 Å². The molecule has 0 saturated carbocycles. The summed E-state index contributed by atoms with van der Waals surface area (Å²) in [5, 5.41) is 12.2. The van der Waals surface area contributed by atoms with Gasteiger partial charge in [0.1, 0.15) is 6.07 Å². The second-order valence-electron chi connectivity index (χ2n) is 3.85. The topological polar surface area (TPSA) is 64.8 Å². The molecule has 1 N–H and O–H groups in total. The first kappa shape index (κ1) is 10.8. The smallest absolute Gasteiger partial charge is 0.183 e. The van der Waals surface area contributed by atoms with Crippen molar-refractivity contribution in [3.63, 3.8) is 0 Å². The molecular formula is C11H15N5. The van der Waals surface area contributed by atoms with Gasteiger partial charge in [-0.1, -0.05) is 6.92 Å². The Morgan fingerprint density at radius 3 is 2.81 bits per heavy atom. The summed E-state index contributed by atoms with van der Waals surface area (Å²) in [5.74, 6) is 0.721. The van der Waals surface area contributed by atoms with Crippen molar-refractivity contribution in [2.75, 3.05) is 24.5 Å². The minimum Gasteiger partial charge on any atom is -0.349 e. The molecule has 1 aromatic heterocycles. The van der Waals surface area contributed by atoms with E-state index < -0.39 is 0 Å². The Labute approximate surface area is 95.1 Å². The van der Waals surface area contributed by atoms with Crippen molar-refractivity contribution in [1.29, 1.82) is 5.26 Å².